The first kappa shape index (κ1) is 18.7. The molecule has 1 heterocycles. The van der Waals surface area contributed by atoms with Gasteiger partial charge in [0, 0.05) is 5.56 Å². The number of rotatable bonds is 5. The van der Waals surface area contributed by atoms with Crippen molar-refractivity contribution >= 4 is 23.7 Å². The molecule has 7 heteroatoms. The van der Waals surface area contributed by atoms with Crippen molar-refractivity contribution in [2.45, 2.75) is 19.0 Å². The number of thioether (sulfide) groups is 1. The maximum Gasteiger partial charge on any atom is 0.318 e. The summed E-state index contributed by atoms with van der Waals surface area (Å²) >= 11 is 1.26. The molecule has 0 spiro atoms. The molecule has 2 aromatic carbocycles. The van der Waals surface area contributed by atoms with E-state index in [0.29, 0.717) is 5.16 Å². The summed E-state index contributed by atoms with van der Waals surface area (Å²) in [5, 5.41) is 2.75. The van der Waals surface area contributed by atoms with E-state index in [1.807, 2.05) is 62.4 Å². The highest BCUT2D eigenvalue weighted by molar-refractivity contribution is 7.99. The molecule has 0 aliphatic carbocycles. The van der Waals surface area contributed by atoms with Crippen LogP contribution in [-0.4, -0.2) is 27.2 Å². The van der Waals surface area contributed by atoms with Gasteiger partial charge >= 0.3 is 6.03 Å². The van der Waals surface area contributed by atoms with Crippen LogP contribution in [0, 0.1) is 13.8 Å². The fourth-order valence-electron chi connectivity index (χ4n) is 2.93. The summed E-state index contributed by atoms with van der Waals surface area (Å²) in [7, 11) is 0. The molecule has 1 aromatic heterocycles. The summed E-state index contributed by atoms with van der Waals surface area (Å²) in [6.07, 6.45) is 1.80. The summed E-state index contributed by atoms with van der Waals surface area (Å²) in [6, 6.07) is 15.2. The molecule has 3 N–H and O–H groups in total. The highest BCUT2D eigenvalue weighted by Crippen LogP contribution is 2.32. The molecule has 3 amide bonds. The summed E-state index contributed by atoms with van der Waals surface area (Å²) in [5.41, 5.74) is 10.2. The van der Waals surface area contributed by atoms with Crippen molar-refractivity contribution in [1.29, 1.82) is 0 Å². The van der Waals surface area contributed by atoms with Crippen molar-refractivity contribution in [2.24, 2.45) is 5.73 Å². The lowest BCUT2D eigenvalue weighted by atomic mass is 10.1. The van der Waals surface area contributed by atoms with Gasteiger partial charge in [0.2, 0.25) is 5.91 Å². The zero-order valence-corrected chi connectivity index (χ0v) is 15.9. The van der Waals surface area contributed by atoms with Crippen molar-refractivity contribution in [3.63, 3.8) is 0 Å². The monoisotopic (exact) mass is 380 g/mol. The van der Waals surface area contributed by atoms with Crippen molar-refractivity contribution in [2.75, 3.05) is 5.75 Å². The average molecular weight is 380 g/mol. The van der Waals surface area contributed by atoms with E-state index in [1.165, 1.54) is 11.8 Å². The zero-order chi connectivity index (χ0) is 19.4. The number of imide groups is 1. The second-order valence-corrected chi connectivity index (χ2v) is 7.01. The van der Waals surface area contributed by atoms with Crippen LogP contribution in [0.2, 0.25) is 0 Å². The number of carbonyl (C=O) groups excluding carboxylic acids is 2. The van der Waals surface area contributed by atoms with Crippen LogP contribution in [0.25, 0.3) is 16.9 Å². The number of hydrogen-bond acceptors (Lipinski definition) is 4. The van der Waals surface area contributed by atoms with Gasteiger partial charge in [0.15, 0.2) is 5.16 Å². The Morgan fingerprint density at radius 1 is 1.07 bits per heavy atom. The number of hydrogen-bond donors (Lipinski definition) is 2. The van der Waals surface area contributed by atoms with Crippen LogP contribution in [0.15, 0.2) is 59.9 Å². The maximum absolute atomic E-state index is 11.8. The van der Waals surface area contributed by atoms with E-state index in [2.05, 4.69) is 14.9 Å². The lowest BCUT2D eigenvalue weighted by Gasteiger charge is -2.17. The topological polar surface area (TPSA) is 90.0 Å². The van der Waals surface area contributed by atoms with E-state index in [-0.39, 0.29) is 5.75 Å². The number of primary amides is 1. The Hall–Kier alpha value is -3.06. The van der Waals surface area contributed by atoms with Gasteiger partial charge in [-0.3, -0.25) is 14.7 Å². The van der Waals surface area contributed by atoms with Crippen LogP contribution in [0.4, 0.5) is 4.79 Å². The third kappa shape index (κ3) is 4.20. The number of para-hydroxylation sites is 1. The number of carbonyl (C=O) groups is 2. The van der Waals surface area contributed by atoms with Gasteiger partial charge in [0.05, 0.1) is 23.3 Å². The number of aromatic nitrogens is 2. The van der Waals surface area contributed by atoms with Crippen LogP contribution in [-0.2, 0) is 4.79 Å². The fourth-order valence-corrected chi connectivity index (χ4v) is 3.71. The standard InChI is InChI=1S/C20H20N4O2S/c1-13-7-6-8-14(2)18(13)24-16(15-9-4-3-5-10-15)11-22-20(24)27-12-17(25)23-19(21)26/h3-11H,12H2,1-2H3,(H3,21,23,25,26). The number of amides is 3. The Bertz CT molecular complexity index is 963. The predicted molar refractivity (Wildman–Crippen MR) is 107 cm³/mol. The van der Waals surface area contributed by atoms with Crippen LogP contribution in [0.3, 0.4) is 0 Å². The molecule has 27 heavy (non-hydrogen) atoms. The summed E-state index contributed by atoms with van der Waals surface area (Å²) in [6.45, 7) is 4.09. The predicted octanol–water partition coefficient (Wildman–Crippen LogP) is 3.44. The van der Waals surface area contributed by atoms with E-state index in [1.54, 1.807) is 6.20 Å². The van der Waals surface area contributed by atoms with Gasteiger partial charge in [-0.15, -0.1) is 0 Å². The molecule has 0 bridgehead atoms. The van der Waals surface area contributed by atoms with Crippen LogP contribution in [0.5, 0.6) is 0 Å². The van der Waals surface area contributed by atoms with Crippen LogP contribution < -0.4 is 11.1 Å². The van der Waals surface area contributed by atoms with Gasteiger partial charge in [-0.2, -0.15) is 0 Å². The minimum absolute atomic E-state index is 0.0408. The highest BCUT2D eigenvalue weighted by atomic mass is 32.2. The number of urea groups is 1. The minimum Gasteiger partial charge on any atom is -0.351 e. The van der Waals surface area contributed by atoms with Crippen LogP contribution in [0.1, 0.15) is 11.1 Å². The molecule has 0 saturated carbocycles. The number of nitrogens with one attached hydrogen (secondary N) is 1. The molecule has 3 rings (SSSR count). The lowest BCUT2D eigenvalue weighted by molar-refractivity contribution is -0.117. The smallest absolute Gasteiger partial charge is 0.318 e. The first-order valence-electron chi connectivity index (χ1n) is 8.39. The largest absolute Gasteiger partial charge is 0.351 e. The first-order valence-corrected chi connectivity index (χ1v) is 9.37. The van der Waals surface area contributed by atoms with Gasteiger partial charge in [-0.25, -0.2) is 9.78 Å². The Balaban J connectivity index is 2.06. The molecule has 6 nitrogen and oxygen atoms in total. The maximum atomic E-state index is 11.8. The van der Waals surface area contributed by atoms with Crippen molar-refractivity contribution in [1.82, 2.24) is 14.9 Å². The van der Waals surface area contributed by atoms with E-state index >= 15 is 0 Å². The van der Waals surface area contributed by atoms with E-state index in [9.17, 15) is 9.59 Å². The molecule has 0 fully saturated rings. The van der Waals surface area contributed by atoms with Gasteiger partial charge < -0.3 is 5.73 Å². The normalized spacial score (nSPS) is 10.6. The second kappa shape index (κ2) is 8.09. The summed E-state index contributed by atoms with van der Waals surface area (Å²) in [4.78, 5) is 27.2. The third-order valence-corrected chi connectivity index (χ3v) is 5.01. The van der Waals surface area contributed by atoms with E-state index < -0.39 is 11.9 Å². The molecule has 138 valence electrons. The van der Waals surface area contributed by atoms with Crippen molar-refractivity contribution < 1.29 is 9.59 Å². The number of imidazole rings is 1. The number of benzene rings is 2. The highest BCUT2D eigenvalue weighted by Gasteiger charge is 2.18. The Morgan fingerprint density at radius 3 is 2.37 bits per heavy atom. The average Bonchev–Trinajstić information content (AvgIpc) is 3.04. The molecular formula is C20H20N4O2S. The summed E-state index contributed by atoms with van der Waals surface area (Å²) < 4.78 is 2.06. The number of nitrogens with zero attached hydrogens (tertiary/aromatic N) is 2. The third-order valence-electron chi connectivity index (χ3n) is 4.06. The second-order valence-electron chi connectivity index (χ2n) is 6.07. The molecule has 0 radical (unpaired) electrons. The van der Waals surface area contributed by atoms with Crippen LogP contribution >= 0.6 is 11.8 Å². The number of nitrogens with two attached hydrogens (primary N) is 1. The number of aryl methyl sites for hydroxylation is 2. The van der Waals surface area contributed by atoms with Gasteiger partial charge in [-0.05, 0) is 25.0 Å². The Morgan fingerprint density at radius 2 is 1.74 bits per heavy atom. The van der Waals surface area contributed by atoms with Gasteiger partial charge in [0.1, 0.15) is 0 Å². The zero-order valence-electron chi connectivity index (χ0n) is 15.1. The minimum atomic E-state index is -0.858. The fraction of sp³-hybridized carbons (Fsp3) is 0.150. The van der Waals surface area contributed by atoms with Crippen molar-refractivity contribution in [3.05, 3.63) is 65.9 Å². The Labute approximate surface area is 161 Å². The SMILES string of the molecule is Cc1cccc(C)c1-n1c(-c2ccccc2)cnc1SCC(=O)NC(N)=O. The van der Waals surface area contributed by atoms with Crippen molar-refractivity contribution in [3.8, 4) is 16.9 Å². The quantitative estimate of drug-likeness (QED) is 0.664. The Kier molecular flexibility index (Phi) is 5.61. The molecule has 0 aliphatic heterocycles. The molecular weight excluding hydrogens is 360 g/mol. The van der Waals surface area contributed by atoms with E-state index in [0.717, 1.165) is 28.1 Å². The molecule has 0 atom stereocenters. The molecule has 3 aromatic rings. The molecule has 0 aliphatic rings. The van der Waals surface area contributed by atoms with Gasteiger partial charge in [0.25, 0.3) is 0 Å². The summed E-state index contributed by atoms with van der Waals surface area (Å²) in [5.74, 6) is -0.413. The molecule has 0 saturated heterocycles. The van der Waals surface area contributed by atoms with Gasteiger partial charge in [-0.1, -0.05) is 60.3 Å². The first-order chi connectivity index (χ1) is 13.0. The lowest BCUT2D eigenvalue weighted by Crippen LogP contribution is -2.36. The molecule has 0 unspecified atom stereocenters. The van der Waals surface area contributed by atoms with E-state index in [4.69, 9.17) is 5.73 Å².